The summed E-state index contributed by atoms with van der Waals surface area (Å²) >= 11 is 0. The molecule has 3 aliphatic rings. The van der Waals surface area contributed by atoms with Gasteiger partial charge in [-0.25, -0.2) is 22.0 Å². The number of carbonyl (C=O) groups is 1. The van der Waals surface area contributed by atoms with Crippen molar-refractivity contribution in [1.82, 2.24) is 5.32 Å². The molecule has 2 aliphatic heterocycles. The summed E-state index contributed by atoms with van der Waals surface area (Å²) in [5, 5.41) is 3.21. The minimum Gasteiger partial charge on any atom is -0.492 e. The zero-order valence-electron chi connectivity index (χ0n) is 18.0. The van der Waals surface area contributed by atoms with Crippen LogP contribution >= 0.6 is 0 Å². The molecule has 0 bridgehead atoms. The number of carbonyl (C=O) groups excluding carboxylic acids is 1. The molecule has 5 rings (SSSR count). The second-order valence-corrected chi connectivity index (χ2v) is 10.5. The maximum Gasteiger partial charge on any atom is 0.343 e. The number of anilines is 1. The van der Waals surface area contributed by atoms with E-state index in [9.17, 15) is 17.6 Å². The molecule has 2 heterocycles. The number of benzene rings is 2. The molecule has 176 valence electrons. The van der Waals surface area contributed by atoms with Gasteiger partial charge in [0.2, 0.25) is 0 Å². The smallest absolute Gasteiger partial charge is 0.343 e. The average molecular weight is 479 g/mol. The summed E-state index contributed by atoms with van der Waals surface area (Å²) in [4.78, 5) is 12.5. The molecule has 3 atom stereocenters. The van der Waals surface area contributed by atoms with Crippen LogP contribution in [0.25, 0.3) is 0 Å². The van der Waals surface area contributed by atoms with Crippen LogP contribution in [0.5, 0.6) is 5.75 Å². The van der Waals surface area contributed by atoms with E-state index < -0.39 is 27.6 Å². The van der Waals surface area contributed by atoms with Crippen LogP contribution in [0.2, 0.25) is 0 Å². The number of halogens is 2. The Labute approximate surface area is 190 Å². The van der Waals surface area contributed by atoms with Crippen LogP contribution < -0.4 is 14.8 Å². The van der Waals surface area contributed by atoms with Crippen molar-refractivity contribution < 1.29 is 31.5 Å². The van der Waals surface area contributed by atoms with Gasteiger partial charge in [0.1, 0.15) is 22.9 Å². The fraction of sp³-hybridized carbons (Fsp3) is 0.435. The molecular formula is C23H24F2N2O5S. The Morgan fingerprint density at radius 1 is 1.30 bits per heavy atom. The first kappa shape index (κ1) is 22.1. The third-order valence-electron chi connectivity index (χ3n) is 6.62. The fourth-order valence-corrected chi connectivity index (χ4v) is 6.16. The molecule has 0 amide bonds. The van der Waals surface area contributed by atoms with Crippen molar-refractivity contribution in [2.45, 2.75) is 30.1 Å². The highest BCUT2D eigenvalue weighted by atomic mass is 32.2. The van der Waals surface area contributed by atoms with E-state index in [-0.39, 0.29) is 45.2 Å². The summed E-state index contributed by atoms with van der Waals surface area (Å²) in [5.41, 5.74) is 0.179. The Balaban J connectivity index is 1.55. The SMILES string of the molecule is COC(=O)c1c(NS(=O)(=O)c2ccc(F)cc2CC2CCNC2)cc(F)c2c1OCC1CC21. The van der Waals surface area contributed by atoms with Crippen molar-refractivity contribution in [2.75, 3.05) is 31.5 Å². The predicted molar refractivity (Wildman–Crippen MR) is 116 cm³/mol. The van der Waals surface area contributed by atoms with Gasteiger partial charge in [0.25, 0.3) is 10.0 Å². The van der Waals surface area contributed by atoms with Gasteiger partial charge in [-0.2, -0.15) is 0 Å². The minimum atomic E-state index is -4.28. The fourth-order valence-electron chi connectivity index (χ4n) is 4.87. The average Bonchev–Trinajstić information content (AvgIpc) is 3.38. The Kier molecular flexibility index (Phi) is 5.52. The Morgan fingerprint density at radius 2 is 2.12 bits per heavy atom. The van der Waals surface area contributed by atoms with E-state index in [0.717, 1.165) is 38.6 Å². The molecule has 2 fully saturated rings. The first-order valence-electron chi connectivity index (χ1n) is 10.9. The van der Waals surface area contributed by atoms with Crippen molar-refractivity contribution in [3.05, 3.63) is 52.6 Å². The van der Waals surface area contributed by atoms with Gasteiger partial charge in [-0.15, -0.1) is 0 Å². The quantitative estimate of drug-likeness (QED) is 0.620. The van der Waals surface area contributed by atoms with Gasteiger partial charge in [-0.05, 0) is 74.0 Å². The van der Waals surface area contributed by atoms with Gasteiger partial charge in [0.05, 0.1) is 24.3 Å². The number of sulfonamides is 1. The van der Waals surface area contributed by atoms with Gasteiger partial charge in [0.15, 0.2) is 0 Å². The van der Waals surface area contributed by atoms with Crippen molar-refractivity contribution in [3.63, 3.8) is 0 Å². The lowest BCUT2D eigenvalue weighted by Gasteiger charge is -2.23. The summed E-state index contributed by atoms with van der Waals surface area (Å²) in [6, 6.07) is 4.46. The van der Waals surface area contributed by atoms with Crippen molar-refractivity contribution in [2.24, 2.45) is 11.8 Å². The third-order valence-corrected chi connectivity index (χ3v) is 8.09. The summed E-state index contributed by atoms with van der Waals surface area (Å²) < 4.78 is 68.6. The Morgan fingerprint density at radius 3 is 2.85 bits per heavy atom. The summed E-state index contributed by atoms with van der Waals surface area (Å²) in [7, 11) is -3.12. The van der Waals surface area contributed by atoms with E-state index in [1.54, 1.807) is 0 Å². The van der Waals surface area contributed by atoms with Crippen LogP contribution in [0.15, 0.2) is 29.2 Å². The summed E-state index contributed by atoms with van der Waals surface area (Å²) in [6.07, 6.45) is 1.98. The maximum atomic E-state index is 15.0. The van der Waals surface area contributed by atoms with Crippen LogP contribution in [0.1, 0.15) is 40.2 Å². The zero-order chi connectivity index (χ0) is 23.3. The third kappa shape index (κ3) is 4.06. The number of fused-ring (bicyclic) bond motifs is 3. The number of rotatable bonds is 6. The van der Waals surface area contributed by atoms with E-state index in [1.807, 2.05) is 0 Å². The van der Waals surface area contributed by atoms with Gasteiger partial charge < -0.3 is 14.8 Å². The molecule has 2 N–H and O–H groups in total. The van der Waals surface area contributed by atoms with Crippen molar-refractivity contribution in [1.29, 1.82) is 0 Å². The van der Waals surface area contributed by atoms with Crippen LogP contribution in [0.3, 0.4) is 0 Å². The molecule has 0 aromatic heterocycles. The van der Waals surface area contributed by atoms with Gasteiger partial charge in [-0.3, -0.25) is 4.72 Å². The molecule has 2 aromatic rings. The van der Waals surface area contributed by atoms with E-state index >= 15 is 4.39 Å². The molecule has 0 radical (unpaired) electrons. The van der Waals surface area contributed by atoms with E-state index in [2.05, 4.69) is 10.0 Å². The summed E-state index contributed by atoms with van der Waals surface area (Å²) in [5.74, 6) is -1.67. The van der Waals surface area contributed by atoms with Crippen molar-refractivity contribution >= 4 is 21.7 Å². The molecule has 7 nitrogen and oxygen atoms in total. The number of methoxy groups -OCH3 is 1. The lowest BCUT2D eigenvalue weighted by molar-refractivity contribution is 0.0596. The Bertz CT molecular complexity index is 1230. The van der Waals surface area contributed by atoms with E-state index in [1.165, 1.54) is 12.1 Å². The molecule has 0 spiro atoms. The first-order valence-corrected chi connectivity index (χ1v) is 12.4. The second kappa shape index (κ2) is 8.25. The largest absolute Gasteiger partial charge is 0.492 e. The number of nitrogens with one attached hydrogen (secondary N) is 2. The molecule has 10 heteroatoms. The monoisotopic (exact) mass is 478 g/mol. The van der Waals surface area contributed by atoms with E-state index in [4.69, 9.17) is 9.47 Å². The highest BCUT2D eigenvalue weighted by Gasteiger charge is 2.47. The summed E-state index contributed by atoms with van der Waals surface area (Å²) in [6.45, 7) is 1.86. The number of ether oxygens (including phenoxy) is 2. The standard InChI is InChI=1S/C23H24F2N2O5S/c1-31-23(28)21-18(9-17(25)20-16-8-14(16)11-32-22(20)21)27-33(29,30)19-3-2-15(24)7-13(19)6-12-4-5-26-10-12/h2-3,7,9,12,14,16,26-27H,4-6,8,10-11H2,1H3. The normalized spacial score (nSPS) is 23.3. The number of esters is 1. The lowest BCUT2D eigenvalue weighted by Crippen LogP contribution is -2.22. The molecular weight excluding hydrogens is 454 g/mol. The maximum absolute atomic E-state index is 15.0. The highest BCUT2D eigenvalue weighted by Crippen LogP contribution is 2.56. The molecule has 2 aromatic carbocycles. The lowest BCUT2D eigenvalue weighted by atomic mass is 9.98. The minimum absolute atomic E-state index is 0.0228. The van der Waals surface area contributed by atoms with Crippen LogP contribution in [0.4, 0.5) is 14.5 Å². The zero-order valence-corrected chi connectivity index (χ0v) is 18.8. The molecule has 1 aliphatic carbocycles. The predicted octanol–water partition coefficient (Wildman–Crippen LogP) is 3.20. The van der Waals surface area contributed by atoms with Crippen LogP contribution in [-0.4, -0.2) is 41.2 Å². The number of hydrogen-bond acceptors (Lipinski definition) is 6. The van der Waals surface area contributed by atoms with Crippen LogP contribution in [-0.2, 0) is 21.2 Å². The Hall–Kier alpha value is -2.72. The number of hydrogen-bond donors (Lipinski definition) is 2. The van der Waals surface area contributed by atoms with Gasteiger partial charge in [-0.1, -0.05) is 0 Å². The first-order chi connectivity index (χ1) is 15.8. The van der Waals surface area contributed by atoms with Crippen molar-refractivity contribution in [3.8, 4) is 5.75 Å². The highest BCUT2D eigenvalue weighted by molar-refractivity contribution is 7.92. The van der Waals surface area contributed by atoms with Gasteiger partial charge in [0, 0.05) is 11.5 Å². The molecule has 1 saturated carbocycles. The topological polar surface area (TPSA) is 93.7 Å². The molecule has 33 heavy (non-hydrogen) atoms. The van der Waals surface area contributed by atoms with Crippen LogP contribution in [0, 0.1) is 23.5 Å². The van der Waals surface area contributed by atoms with E-state index in [0.29, 0.717) is 25.1 Å². The second-order valence-electron chi connectivity index (χ2n) is 8.85. The molecule has 1 saturated heterocycles. The molecule has 3 unspecified atom stereocenters. The van der Waals surface area contributed by atoms with Gasteiger partial charge >= 0.3 is 5.97 Å².